The van der Waals surface area contributed by atoms with E-state index in [1.54, 1.807) is 18.3 Å². The first kappa shape index (κ1) is 15.4. The zero-order chi connectivity index (χ0) is 15.1. The Balaban J connectivity index is 2.27. The lowest BCUT2D eigenvalue weighted by Crippen LogP contribution is -2.25. The third-order valence-electron chi connectivity index (χ3n) is 3.37. The Bertz CT molecular complexity index is 560. The highest BCUT2D eigenvalue weighted by atomic mass is 19.1. The Morgan fingerprint density at radius 3 is 2.76 bits per heavy atom. The number of methoxy groups -OCH3 is 1. The molecule has 0 saturated heterocycles. The molecule has 0 aliphatic heterocycles. The van der Waals surface area contributed by atoms with Crippen LogP contribution >= 0.6 is 0 Å². The van der Waals surface area contributed by atoms with Crippen molar-refractivity contribution in [3.63, 3.8) is 0 Å². The number of rotatable bonds is 7. The Morgan fingerprint density at radius 1 is 1.24 bits per heavy atom. The molecule has 1 heterocycles. The number of halogens is 1. The van der Waals surface area contributed by atoms with Crippen molar-refractivity contribution < 1.29 is 9.13 Å². The molecule has 2 rings (SSSR count). The average molecular weight is 288 g/mol. The maximum Gasteiger partial charge on any atom is 0.169 e. The second-order valence-electron chi connectivity index (χ2n) is 4.90. The van der Waals surface area contributed by atoms with E-state index in [0.717, 1.165) is 18.7 Å². The fourth-order valence-electron chi connectivity index (χ4n) is 2.29. The van der Waals surface area contributed by atoms with Gasteiger partial charge in [0.2, 0.25) is 0 Å². The van der Waals surface area contributed by atoms with Gasteiger partial charge in [-0.15, -0.1) is 0 Å². The summed E-state index contributed by atoms with van der Waals surface area (Å²) in [6, 6.07) is 10.9. The van der Waals surface area contributed by atoms with E-state index in [1.807, 2.05) is 24.3 Å². The number of aromatic nitrogens is 1. The summed E-state index contributed by atoms with van der Waals surface area (Å²) in [7, 11) is 1.48. The molecule has 1 aromatic carbocycles. The second kappa shape index (κ2) is 7.74. The van der Waals surface area contributed by atoms with Gasteiger partial charge in [-0.05, 0) is 31.2 Å². The van der Waals surface area contributed by atoms with Gasteiger partial charge in [0.15, 0.2) is 11.6 Å². The lowest BCUT2D eigenvalue weighted by Gasteiger charge is -2.20. The predicted molar refractivity (Wildman–Crippen MR) is 81.9 cm³/mol. The van der Waals surface area contributed by atoms with Gasteiger partial charge < -0.3 is 10.1 Å². The minimum absolute atomic E-state index is 0.116. The first-order valence-electron chi connectivity index (χ1n) is 7.22. The van der Waals surface area contributed by atoms with E-state index in [9.17, 15) is 4.39 Å². The number of pyridine rings is 1. The van der Waals surface area contributed by atoms with E-state index in [-0.39, 0.29) is 17.6 Å². The van der Waals surface area contributed by atoms with E-state index in [0.29, 0.717) is 12.0 Å². The molecule has 0 fully saturated rings. The monoisotopic (exact) mass is 288 g/mol. The van der Waals surface area contributed by atoms with E-state index in [2.05, 4.69) is 17.2 Å². The summed E-state index contributed by atoms with van der Waals surface area (Å²) in [5.74, 6) is -0.0265. The molecule has 0 saturated carbocycles. The van der Waals surface area contributed by atoms with E-state index < -0.39 is 0 Å². The minimum Gasteiger partial charge on any atom is -0.494 e. The van der Waals surface area contributed by atoms with Crippen LogP contribution in [0.25, 0.3) is 0 Å². The van der Waals surface area contributed by atoms with Crippen molar-refractivity contribution in [2.24, 2.45) is 0 Å². The molecule has 0 aliphatic carbocycles. The second-order valence-corrected chi connectivity index (χ2v) is 4.90. The maximum atomic E-state index is 14.5. The molecule has 112 valence electrons. The first-order valence-corrected chi connectivity index (χ1v) is 7.22. The third-order valence-corrected chi connectivity index (χ3v) is 3.37. The van der Waals surface area contributed by atoms with Crippen LogP contribution in [0.5, 0.6) is 5.75 Å². The lowest BCUT2D eigenvalue weighted by molar-refractivity contribution is 0.378. The van der Waals surface area contributed by atoms with Crippen LogP contribution in [-0.4, -0.2) is 18.6 Å². The zero-order valence-corrected chi connectivity index (χ0v) is 12.5. The zero-order valence-electron chi connectivity index (χ0n) is 12.5. The standard InChI is InChI=1S/C17H21FN2O/c1-3-10-20-15(12-13-7-4-5-11-19-13)14-8-6-9-16(21-2)17(14)18/h4-9,11,15,20H,3,10,12H2,1-2H3. The van der Waals surface area contributed by atoms with Crippen molar-refractivity contribution in [3.05, 3.63) is 59.7 Å². The Hall–Kier alpha value is -1.94. The summed E-state index contributed by atoms with van der Waals surface area (Å²) in [4.78, 5) is 4.33. The van der Waals surface area contributed by atoms with Gasteiger partial charge in [0.25, 0.3) is 0 Å². The minimum atomic E-state index is -0.301. The summed E-state index contributed by atoms with van der Waals surface area (Å²) in [5, 5.41) is 3.39. The van der Waals surface area contributed by atoms with Gasteiger partial charge in [-0.2, -0.15) is 0 Å². The highest BCUT2D eigenvalue weighted by Gasteiger charge is 2.18. The highest BCUT2D eigenvalue weighted by Crippen LogP contribution is 2.27. The lowest BCUT2D eigenvalue weighted by atomic mass is 10.0. The molecule has 2 aromatic rings. The molecule has 1 unspecified atom stereocenters. The number of hydrogen-bond donors (Lipinski definition) is 1. The van der Waals surface area contributed by atoms with Gasteiger partial charge in [-0.1, -0.05) is 25.1 Å². The van der Waals surface area contributed by atoms with Crippen LogP contribution in [0.4, 0.5) is 4.39 Å². The van der Waals surface area contributed by atoms with E-state index in [4.69, 9.17) is 4.74 Å². The van der Waals surface area contributed by atoms with Crippen LogP contribution in [0, 0.1) is 5.82 Å². The summed E-state index contributed by atoms with van der Waals surface area (Å²) in [5.41, 5.74) is 1.56. The van der Waals surface area contributed by atoms with Gasteiger partial charge in [-0.3, -0.25) is 4.98 Å². The Morgan fingerprint density at radius 2 is 2.10 bits per heavy atom. The van der Waals surface area contributed by atoms with Crippen molar-refractivity contribution >= 4 is 0 Å². The number of nitrogens with one attached hydrogen (secondary N) is 1. The molecule has 1 N–H and O–H groups in total. The van der Waals surface area contributed by atoms with Gasteiger partial charge in [0.1, 0.15) is 0 Å². The molecule has 1 aromatic heterocycles. The van der Waals surface area contributed by atoms with E-state index >= 15 is 0 Å². The van der Waals surface area contributed by atoms with Crippen molar-refractivity contribution in [1.29, 1.82) is 0 Å². The summed E-state index contributed by atoms with van der Waals surface area (Å²) in [6.07, 6.45) is 3.39. The molecule has 1 atom stereocenters. The topological polar surface area (TPSA) is 34.2 Å². The molecule has 3 nitrogen and oxygen atoms in total. The maximum absolute atomic E-state index is 14.5. The highest BCUT2D eigenvalue weighted by molar-refractivity contribution is 5.33. The number of ether oxygens (including phenoxy) is 1. The molecule has 0 amide bonds. The normalized spacial score (nSPS) is 12.1. The Labute approximate surface area is 125 Å². The van der Waals surface area contributed by atoms with Gasteiger partial charge >= 0.3 is 0 Å². The first-order chi connectivity index (χ1) is 10.3. The predicted octanol–water partition coefficient (Wildman–Crippen LogP) is 3.51. The molecule has 21 heavy (non-hydrogen) atoms. The Kier molecular flexibility index (Phi) is 5.69. The molecule has 0 bridgehead atoms. The van der Waals surface area contributed by atoms with Crippen molar-refractivity contribution in [3.8, 4) is 5.75 Å². The third kappa shape index (κ3) is 4.02. The van der Waals surface area contributed by atoms with Crippen molar-refractivity contribution in [1.82, 2.24) is 10.3 Å². The van der Waals surface area contributed by atoms with Crippen molar-refractivity contribution in [2.45, 2.75) is 25.8 Å². The average Bonchev–Trinajstić information content (AvgIpc) is 2.53. The molecule has 4 heteroatoms. The molecule has 0 radical (unpaired) electrons. The fraction of sp³-hybridized carbons (Fsp3) is 0.353. The van der Waals surface area contributed by atoms with Crippen LogP contribution in [-0.2, 0) is 6.42 Å². The van der Waals surface area contributed by atoms with Crippen LogP contribution in [0.2, 0.25) is 0 Å². The number of nitrogens with zero attached hydrogens (tertiary/aromatic N) is 1. The van der Waals surface area contributed by atoms with Crippen LogP contribution < -0.4 is 10.1 Å². The van der Waals surface area contributed by atoms with Gasteiger partial charge in [0, 0.05) is 29.9 Å². The SMILES string of the molecule is CCCNC(Cc1ccccn1)c1cccc(OC)c1F. The molecular formula is C17H21FN2O. The number of benzene rings is 1. The quantitative estimate of drug-likeness (QED) is 0.846. The summed E-state index contributed by atoms with van der Waals surface area (Å²) in [6.45, 7) is 2.92. The van der Waals surface area contributed by atoms with Crippen LogP contribution in [0.3, 0.4) is 0 Å². The number of hydrogen-bond acceptors (Lipinski definition) is 3. The smallest absolute Gasteiger partial charge is 0.169 e. The van der Waals surface area contributed by atoms with Gasteiger partial charge in [0.05, 0.1) is 7.11 Å². The largest absolute Gasteiger partial charge is 0.494 e. The van der Waals surface area contributed by atoms with Crippen molar-refractivity contribution in [2.75, 3.05) is 13.7 Å². The van der Waals surface area contributed by atoms with Crippen LogP contribution in [0.1, 0.15) is 30.6 Å². The van der Waals surface area contributed by atoms with Gasteiger partial charge in [-0.25, -0.2) is 4.39 Å². The summed E-state index contributed by atoms with van der Waals surface area (Å²) >= 11 is 0. The molecule has 0 aliphatic rings. The summed E-state index contributed by atoms with van der Waals surface area (Å²) < 4.78 is 19.5. The molecule has 0 spiro atoms. The molecular weight excluding hydrogens is 267 g/mol. The fourth-order valence-corrected chi connectivity index (χ4v) is 2.29. The van der Waals surface area contributed by atoms with E-state index in [1.165, 1.54) is 7.11 Å². The van der Waals surface area contributed by atoms with Crippen LogP contribution in [0.15, 0.2) is 42.6 Å².